The van der Waals surface area contributed by atoms with Gasteiger partial charge in [0.05, 0.1) is 11.0 Å². The van der Waals surface area contributed by atoms with Gasteiger partial charge in [-0.1, -0.05) is 13.0 Å². The Balaban J connectivity index is 2.78. The smallest absolute Gasteiger partial charge is 0.356 e. The van der Waals surface area contributed by atoms with Gasteiger partial charge in [0, 0.05) is 31.1 Å². The maximum atomic E-state index is 12.9. The number of hydrogen-bond donors (Lipinski definition) is 1. The number of halogens is 4. The molecular weight excluding hydrogens is 369 g/mol. The monoisotopic (exact) mass is 392 g/mol. The zero-order valence-corrected chi connectivity index (χ0v) is 15.9. The molecule has 1 aromatic rings. The number of carbonyl (C=O) groups is 2. The third-order valence-electron chi connectivity index (χ3n) is 3.88. The molecular formula is C18H24ClF3N2O2. The summed E-state index contributed by atoms with van der Waals surface area (Å²) in [5, 5.41) is 2.73. The predicted molar refractivity (Wildman–Crippen MR) is 96.2 cm³/mol. The molecule has 0 radical (unpaired) electrons. The first-order chi connectivity index (χ1) is 12.0. The van der Waals surface area contributed by atoms with Gasteiger partial charge in [-0.15, -0.1) is 11.6 Å². The van der Waals surface area contributed by atoms with Crippen LogP contribution in [0.2, 0.25) is 0 Å². The molecule has 0 atom stereocenters. The van der Waals surface area contributed by atoms with Crippen molar-refractivity contribution in [1.82, 2.24) is 5.32 Å². The second-order valence-electron chi connectivity index (χ2n) is 6.57. The van der Waals surface area contributed by atoms with Crippen LogP contribution in [0.5, 0.6) is 0 Å². The van der Waals surface area contributed by atoms with Crippen molar-refractivity contribution in [1.29, 1.82) is 0 Å². The van der Waals surface area contributed by atoms with Gasteiger partial charge in [0.1, 0.15) is 0 Å². The van der Waals surface area contributed by atoms with Crippen molar-refractivity contribution in [3.63, 3.8) is 0 Å². The lowest BCUT2D eigenvalue weighted by molar-refractivity contribution is -0.137. The van der Waals surface area contributed by atoms with Gasteiger partial charge < -0.3 is 10.2 Å². The third kappa shape index (κ3) is 6.20. The molecule has 4 nitrogen and oxygen atoms in total. The van der Waals surface area contributed by atoms with Gasteiger partial charge in [0.2, 0.25) is 11.8 Å². The Morgan fingerprint density at radius 1 is 1.23 bits per heavy atom. The molecule has 0 bridgehead atoms. The van der Waals surface area contributed by atoms with Crippen LogP contribution in [-0.2, 0) is 15.8 Å². The molecule has 1 rings (SSSR count). The average molecular weight is 393 g/mol. The Kier molecular flexibility index (Phi) is 7.93. The molecule has 0 unspecified atom stereocenters. The van der Waals surface area contributed by atoms with Gasteiger partial charge in [-0.3, -0.25) is 9.59 Å². The minimum atomic E-state index is -4.47. The molecule has 0 aliphatic carbocycles. The molecule has 0 aromatic heterocycles. The highest BCUT2D eigenvalue weighted by Gasteiger charge is 2.31. The Bertz CT molecular complexity index is 633. The third-order valence-corrected chi connectivity index (χ3v) is 4.55. The van der Waals surface area contributed by atoms with Crippen molar-refractivity contribution in [2.45, 2.75) is 39.8 Å². The van der Waals surface area contributed by atoms with Crippen LogP contribution in [0.25, 0.3) is 0 Å². The Morgan fingerprint density at radius 3 is 2.42 bits per heavy atom. The van der Waals surface area contributed by atoms with Crippen molar-refractivity contribution < 1.29 is 22.8 Å². The number of carbonyl (C=O) groups excluding carboxylic acids is 2. The molecule has 0 heterocycles. The van der Waals surface area contributed by atoms with Gasteiger partial charge in [-0.25, -0.2) is 0 Å². The standard InChI is InChI=1S/C18H24ClF3N2O2/c1-4-15(25)24(10-6-9-23-16(26)17(2,3)12-19)14-8-5-7-13(11-14)18(20,21)22/h5,7-8,11H,4,6,9-10,12H2,1-3H3,(H,23,26). The Labute approximate surface area is 156 Å². The van der Waals surface area contributed by atoms with Crippen molar-refractivity contribution in [2.75, 3.05) is 23.9 Å². The number of nitrogens with zero attached hydrogens (tertiary/aromatic N) is 1. The molecule has 26 heavy (non-hydrogen) atoms. The summed E-state index contributed by atoms with van der Waals surface area (Å²) < 4.78 is 38.7. The van der Waals surface area contributed by atoms with Gasteiger partial charge in [0.25, 0.3) is 0 Å². The van der Waals surface area contributed by atoms with E-state index < -0.39 is 17.2 Å². The fraction of sp³-hybridized carbons (Fsp3) is 0.556. The summed E-state index contributed by atoms with van der Waals surface area (Å²) in [5.74, 6) is -0.319. The van der Waals surface area contributed by atoms with Crippen molar-refractivity contribution in [2.24, 2.45) is 5.41 Å². The van der Waals surface area contributed by atoms with E-state index in [1.54, 1.807) is 20.8 Å². The zero-order chi connectivity index (χ0) is 20.0. The van der Waals surface area contributed by atoms with Crippen molar-refractivity contribution in [3.8, 4) is 0 Å². The molecule has 2 amide bonds. The van der Waals surface area contributed by atoms with E-state index >= 15 is 0 Å². The van der Waals surface area contributed by atoms with E-state index in [0.717, 1.165) is 12.1 Å². The summed E-state index contributed by atoms with van der Waals surface area (Å²) in [6.45, 7) is 5.57. The predicted octanol–water partition coefficient (Wildman–Crippen LogP) is 4.22. The zero-order valence-electron chi connectivity index (χ0n) is 15.1. The molecule has 1 N–H and O–H groups in total. The first-order valence-corrected chi connectivity index (χ1v) is 8.88. The van der Waals surface area contributed by atoms with Crippen LogP contribution in [0.3, 0.4) is 0 Å². The van der Waals surface area contributed by atoms with Gasteiger partial charge >= 0.3 is 6.18 Å². The SMILES string of the molecule is CCC(=O)N(CCCNC(=O)C(C)(C)CCl)c1cccc(C(F)(F)F)c1. The van der Waals surface area contributed by atoms with E-state index in [0.29, 0.717) is 13.0 Å². The molecule has 1 aromatic carbocycles. The van der Waals surface area contributed by atoms with E-state index in [1.165, 1.54) is 17.0 Å². The first-order valence-electron chi connectivity index (χ1n) is 8.35. The molecule has 0 fully saturated rings. The molecule has 8 heteroatoms. The van der Waals surface area contributed by atoms with E-state index in [4.69, 9.17) is 11.6 Å². The fourth-order valence-corrected chi connectivity index (χ4v) is 2.30. The highest BCUT2D eigenvalue weighted by Crippen LogP contribution is 2.31. The fourth-order valence-electron chi connectivity index (χ4n) is 2.18. The summed E-state index contributed by atoms with van der Waals surface area (Å²) in [6, 6.07) is 4.67. The molecule has 0 spiro atoms. The minimum Gasteiger partial charge on any atom is -0.356 e. The van der Waals surface area contributed by atoms with Crippen LogP contribution in [0.4, 0.5) is 18.9 Å². The second-order valence-corrected chi connectivity index (χ2v) is 6.84. The second kappa shape index (κ2) is 9.26. The summed E-state index contributed by atoms with van der Waals surface area (Å²) in [7, 11) is 0. The number of hydrogen-bond acceptors (Lipinski definition) is 2. The summed E-state index contributed by atoms with van der Waals surface area (Å²) in [5.41, 5.74) is -1.32. The number of benzene rings is 1. The lowest BCUT2D eigenvalue weighted by Gasteiger charge is -2.24. The summed E-state index contributed by atoms with van der Waals surface area (Å²) in [6.07, 6.45) is -3.90. The quantitative estimate of drug-likeness (QED) is 0.532. The van der Waals surface area contributed by atoms with Crippen LogP contribution >= 0.6 is 11.6 Å². The topological polar surface area (TPSA) is 49.4 Å². The average Bonchev–Trinajstić information content (AvgIpc) is 2.60. The van der Waals surface area contributed by atoms with Crippen molar-refractivity contribution in [3.05, 3.63) is 29.8 Å². The first kappa shape index (κ1) is 22.3. The molecule has 0 aliphatic heterocycles. The highest BCUT2D eigenvalue weighted by atomic mass is 35.5. The number of alkyl halides is 4. The highest BCUT2D eigenvalue weighted by molar-refractivity contribution is 6.19. The van der Waals surface area contributed by atoms with Crippen LogP contribution in [-0.4, -0.2) is 30.8 Å². The lowest BCUT2D eigenvalue weighted by atomic mass is 9.95. The molecule has 0 aliphatic rings. The Morgan fingerprint density at radius 2 is 1.88 bits per heavy atom. The number of nitrogens with one attached hydrogen (secondary N) is 1. The van der Waals surface area contributed by atoms with E-state index in [2.05, 4.69) is 5.32 Å². The molecule has 0 saturated heterocycles. The van der Waals surface area contributed by atoms with Crippen LogP contribution < -0.4 is 10.2 Å². The maximum absolute atomic E-state index is 12.9. The largest absolute Gasteiger partial charge is 0.416 e. The van der Waals surface area contributed by atoms with Crippen LogP contribution in [0, 0.1) is 5.41 Å². The summed E-state index contributed by atoms with van der Waals surface area (Å²) >= 11 is 5.74. The van der Waals surface area contributed by atoms with Crippen LogP contribution in [0.1, 0.15) is 39.2 Å². The van der Waals surface area contributed by atoms with E-state index in [1.807, 2.05) is 0 Å². The molecule has 146 valence electrons. The van der Waals surface area contributed by atoms with Crippen molar-refractivity contribution >= 4 is 29.1 Å². The summed E-state index contributed by atoms with van der Waals surface area (Å²) in [4.78, 5) is 25.4. The van der Waals surface area contributed by atoms with E-state index in [9.17, 15) is 22.8 Å². The minimum absolute atomic E-state index is 0.169. The lowest BCUT2D eigenvalue weighted by Crippen LogP contribution is -2.40. The number of rotatable bonds is 8. The number of amides is 2. The molecule has 0 saturated carbocycles. The Hall–Kier alpha value is -1.76. The van der Waals surface area contributed by atoms with Gasteiger partial charge in [0.15, 0.2) is 0 Å². The van der Waals surface area contributed by atoms with Gasteiger partial charge in [-0.05, 0) is 38.5 Å². The maximum Gasteiger partial charge on any atom is 0.416 e. The van der Waals surface area contributed by atoms with Gasteiger partial charge in [-0.2, -0.15) is 13.2 Å². The van der Waals surface area contributed by atoms with Crippen LogP contribution in [0.15, 0.2) is 24.3 Å². The number of anilines is 1. The normalized spacial score (nSPS) is 12.0. The van der Waals surface area contributed by atoms with E-state index in [-0.39, 0.29) is 36.3 Å².